The molecule has 0 spiro atoms. The number of hydrogen-bond acceptors (Lipinski definition) is 4. The Morgan fingerprint density at radius 1 is 1.00 bits per heavy atom. The van der Waals surface area contributed by atoms with Crippen molar-refractivity contribution >= 4 is 33.3 Å². The Morgan fingerprint density at radius 2 is 1.61 bits per heavy atom. The first-order chi connectivity index (χ1) is 10.9. The molecule has 0 aliphatic carbocycles. The predicted octanol–water partition coefficient (Wildman–Crippen LogP) is 1.49. The summed E-state index contributed by atoms with van der Waals surface area (Å²) in [4.78, 5) is 14.1. The number of rotatable bonds is 4. The molecule has 0 unspecified atom stereocenters. The monoisotopic (exact) mass is 349 g/mol. The van der Waals surface area contributed by atoms with Gasteiger partial charge in [-0.2, -0.15) is 0 Å². The first-order valence-electron chi connectivity index (χ1n) is 6.63. The van der Waals surface area contributed by atoms with Crippen molar-refractivity contribution in [3.63, 3.8) is 0 Å². The lowest BCUT2D eigenvalue weighted by molar-refractivity contribution is 0.0976. The van der Waals surface area contributed by atoms with E-state index in [1.807, 2.05) is 6.92 Å². The third kappa shape index (κ3) is 4.85. The molecule has 6 nitrogen and oxygen atoms in total. The van der Waals surface area contributed by atoms with Gasteiger partial charge in [0.15, 0.2) is 5.11 Å². The van der Waals surface area contributed by atoms with Crippen LogP contribution in [0.2, 0.25) is 0 Å². The number of sulfonamides is 1. The standard InChI is InChI=1S/C15H15N3O3S2/c1-11-7-9-13(10-8-11)23(20,21)18-17-15(22)16-14(19)12-5-3-2-4-6-12/h2-10,18H,1H3,(H2,16,17,19,22). The number of hydrazine groups is 1. The number of benzene rings is 2. The van der Waals surface area contributed by atoms with Gasteiger partial charge in [0.05, 0.1) is 4.90 Å². The third-order valence-electron chi connectivity index (χ3n) is 2.89. The molecule has 0 bridgehead atoms. The fourth-order valence-corrected chi connectivity index (χ4v) is 2.74. The summed E-state index contributed by atoms with van der Waals surface area (Å²) in [6.07, 6.45) is 0. The predicted molar refractivity (Wildman–Crippen MR) is 91.1 cm³/mol. The van der Waals surface area contributed by atoms with Crippen LogP contribution in [0.3, 0.4) is 0 Å². The molecular weight excluding hydrogens is 334 g/mol. The van der Waals surface area contributed by atoms with E-state index >= 15 is 0 Å². The van der Waals surface area contributed by atoms with Crippen LogP contribution < -0.4 is 15.6 Å². The zero-order valence-corrected chi connectivity index (χ0v) is 13.9. The van der Waals surface area contributed by atoms with Crippen LogP contribution in [0.5, 0.6) is 0 Å². The Kier molecular flexibility index (Phi) is 5.43. The summed E-state index contributed by atoms with van der Waals surface area (Å²) in [7, 11) is -3.77. The number of thiocarbonyl (C=S) groups is 1. The maximum atomic E-state index is 12.1. The second-order valence-corrected chi connectivity index (χ2v) is 6.78. The van der Waals surface area contributed by atoms with Gasteiger partial charge in [0, 0.05) is 5.56 Å². The lowest BCUT2D eigenvalue weighted by atomic mass is 10.2. The fourth-order valence-electron chi connectivity index (χ4n) is 1.69. The average molecular weight is 349 g/mol. The van der Waals surface area contributed by atoms with E-state index in [0.717, 1.165) is 5.56 Å². The van der Waals surface area contributed by atoms with Crippen LogP contribution in [0.25, 0.3) is 0 Å². The summed E-state index contributed by atoms with van der Waals surface area (Å²) in [5, 5.41) is 2.24. The molecule has 0 aliphatic rings. The highest BCUT2D eigenvalue weighted by atomic mass is 32.2. The van der Waals surface area contributed by atoms with Crippen molar-refractivity contribution in [1.29, 1.82) is 0 Å². The van der Waals surface area contributed by atoms with E-state index in [0.29, 0.717) is 5.56 Å². The molecular formula is C15H15N3O3S2. The van der Waals surface area contributed by atoms with Crippen molar-refractivity contribution < 1.29 is 13.2 Å². The molecule has 0 heterocycles. The SMILES string of the molecule is Cc1ccc(S(=O)(=O)NNC(=S)NC(=O)c2ccccc2)cc1. The Bertz CT molecular complexity index is 804. The molecule has 2 aromatic carbocycles. The van der Waals surface area contributed by atoms with E-state index in [1.165, 1.54) is 12.1 Å². The van der Waals surface area contributed by atoms with Gasteiger partial charge >= 0.3 is 0 Å². The molecule has 0 fully saturated rings. The number of carbonyl (C=O) groups excluding carboxylic acids is 1. The number of carbonyl (C=O) groups is 1. The van der Waals surface area contributed by atoms with Gasteiger partial charge in [0.2, 0.25) is 0 Å². The van der Waals surface area contributed by atoms with Crippen LogP contribution in [0.15, 0.2) is 59.5 Å². The van der Waals surface area contributed by atoms with E-state index in [2.05, 4.69) is 15.6 Å². The summed E-state index contributed by atoms with van der Waals surface area (Å²) < 4.78 is 24.1. The van der Waals surface area contributed by atoms with Gasteiger partial charge in [-0.3, -0.25) is 15.5 Å². The van der Waals surface area contributed by atoms with Crippen molar-refractivity contribution in [3.05, 3.63) is 65.7 Å². The Balaban J connectivity index is 1.93. The fraction of sp³-hybridized carbons (Fsp3) is 0.0667. The quantitative estimate of drug-likeness (QED) is 0.575. The van der Waals surface area contributed by atoms with Crippen molar-refractivity contribution in [1.82, 2.24) is 15.6 Å². The van der Waals surface area contributed by atoms with Crippen molar-refractivity contribution in [2.45, 2.75) is 11.8 Å². The minimum Gasteiger partial charge on any atom is -0.298 e. The van der Waals surface area contributed by atoms with Crippen molar-refractivity contribution in [2.24, 2.45) is 0 Å². The Labute approximate surface area is 139 Å². The zero-order chi connectivity index (χ0) is 16.9. The number of hydrogen-bond donors (Lipinski definition) is 3. The van der Waals surface area contributed by atoms with E-state index in [4.69, 9.17) is 12.2 Å². The molecule has 0 atom stereocenters. The molecule has 8 heteroatoms. The molecule has 23 heavy (non-hydrogen) atoms. The van der Waals surface area contributed by atoms with Gasteiger partial charge in [0.1, 0.15) is 0 Å². The number of nitrogens with one attached hydrogen (secondary N) is 3. The maximum Gasteiger partial charge on any atom is 0.257 e. The highest BCUT2D eigenvalue weighted by Crippen LogP contribution is 2.08. The summed E-state index contributed by atoms with van der Waals surface area (Å²) in [5.74, 6) is -0.433. The van der Waals surface area contributed by atoms with E-state index in [1.54, 1.807) is 42.5 Å². The molecule has 0 radical (unpaired) electrons. The number of amides is 1. The highest BCUT2D eigenvalue weighted by molar-refractivity contribution is 7.89. The smallest absolute Gasteiger partial charge is 0.257 e. The molecule has 1 amide bonds. The van der Waals surface area contributed by atoms with Gasteiger partial charge < -0.3 is 0 Å². The van der Waals surface area contributed by atoms with Crippen LogP contribution in [-0.4, -0.2) is 19.4 Å². The van der Waals surface area contributed by atoms with E-state index in [-0.39, 0.29) is 10.0 Å². The van der Waals surface area contributed by atoms with Gasteiger partial charge in [-0.1, -0.05) is 35.9 Å². The third-order valence-corrected chi connectivity index (χ3v) is 4.36. The van der Waals surface area contributed by atoms with Gasteiger partial charge in [0.25, 0.3) is 15.9 Å². The minimum absolute atomic E-state index is 0.0905. The van der Waals surface area contributed by atoms with Crippen molar-refractivity contribution in [3.8, 4) is 0 Å². The highest BCUT2D eigenvalue weighted by Gasteiger charge is 2.14. The van der Waals surface area contributed by atoms with Crippen LogP contribution in [-0.2, 0) is 10.0 Å². The molecule has 2 aromatic rings. The largest absolute Gasteiger partial charge is 0.298 e. The first kappa shape index (κ1) is 17.1. The van der Waals surface area contributed by atoms with E-state index < -0.39 is 15.9 Å². The maximum absolute atomic E-state index is 12.1. The van der Waals surface area contributed by atoms with Gasteiger partial charge in [-0.25, -0.2) is 8.42 Å². The normalized spacial score (nSPS) is 10.8. The van der Waals surface area contributed by atoms with E-state index in [9.17, 15) is 13.2 Å². The van der Waals surface area contributed by atoms with Crippen LogP contribution in [0.1, 0.15) is 15.9 Å². The Hall–Kier alpha value is -2.29. The molecule has 0 saturated carbocycles. The summed E-state index contributed by atoms with van der Waals surface area (Å²) >= 11 is 4.90. The Morgan fingerprint density at radius 3 is 2.22 bits per heavy atom. The van der Waals surface area contributed by atoms with Crippen molar-refractivity contribution in [2.75, 3.05) is 0 Å². The van der Waals surface area contributed by atoms with Gasteiger partial charge in [-0.05, 0) is 43.4 Å². The first-order valence-corrected chi connectivity index (χ1v) is 8.52. The lowest BCUT2D eigenvalue weighted by Gasteiger charge is -2.11. The molecule has 2 rings (SSSR count). The molecule has 0 aromatic heterocycles. The zero-order valence-electron chi connectivity index (χ0n) is 12.2. The summed E-state index contributed by atoms with van der Waals surface area (Å²) in [6, 6.07) is 14.8. The van der Waals surface area contributed by atoms with Crippen LogP contribution >= 0.6 is 12.2 Å². The van der Waals surface area contributed by atoms with Crippen LogP contribution in [0, 0.1) is 6.92 Å². The second kappa shape index (κ2) is 7.32. The van der Waals surface area contributed by atoms with Crippen LogP contribution in [0.4, 0.5) is 0 Å². The lowest BCUT2D eigenvalue weighted by Crippen LogP contribution is -2.48. The molecule has 0 saturated heterocycles. The second-order valence-electron chi connectivity index (χ2n) is 4.69. The number of aryl methyl sites for hydroxylation is 1. The molecule has 0 aliphatic heterocycles. The topological polar surface area (TPSA) is 87.3 Å². The van der Waals surface area contributed by atoms with Gasteiger partial charge in [-0.15, -0.1) is 4.83 Å². The molecule has 3 N–H and O–H groups in total. The summed E-state index contributed by atoms with van der Waals surface area (Å²) in [6.45, 7) is 1.86. The minimum atomic E-state index is -3.77. The summed E-state index contributed by atoms with van der Waals surface area (Å²) in [5.41, 5.74) is 3.66. The average Bonchev–Trinajstić information content (AvgIpc) is 2.54. The molecule has 120 valence electrons.